The fourth-order valence-electron chi connectivity index (χ4n) is 2.30. The molecule has 0 saturated carbocycles. The standard InChI is InChI=1S/C14H17NO4/c1-19-14(18)12-4-2-10(3-5-12)7-15-8-11(9-15)6-13(16)17/h2-5,11H,6-9H2,1H3,(H,16,17). The van der Waals surface area contributed by atoms with E-state index in [2.05, 4.69) is 9.64 Å². The van der Waals surface area contributed by atoms with E-state index in [1.807, 2.05) is 12.1 Å². The minimum atomic E-state index is -0.730. The van der Waals surface area contributed by atoms with Crippen molar-refractivity contribution in [1.29, 1.82) is 0 Å². The third-order valence-electron chi connectivity index (χ3n) is 3.28. The molecule has 5 nitrogen and oxygen atoms in total. The van der Waals surface area contributed by atoms with Gasteiger partial charge in [-0.1, -0.05) is 12.1 Å². The molecule has 0 bridgehead atoms. The Morgan fingerprint density at radius 3 is 2.47 bits per heavy atom. The van der Waals surface area contributed by atoms with E-state index in [1.54, 1.807) is 12.1 Å². The number of nitrogens with zero attached hydrogens (tertiary/aromatic N) is 1. The summed E-state index contributed by atoms with van der Waals surface area (Å²) in [6.45, 7) is 2.44. The minimum Gasteiger partial charge on any atom is -0.481 e. The highest BCUT2D eigenvalue weighted by Gasteiger charge is 2.28. The smallest absolute Gasteiger partial charge is 0.337 e. The summed E-state index contributed by atoms with van der Waals surface area (Å²) in [6, 6.07) is 7.29. The lowest BCUT2D eigenvalue weighted by molar-refractivity contribution is -0.139. The molecule has 1 aliphatic heterocycles. The first-order chi connectivity index (χ1) is 9.08. The summed E-state index contributed by atoms with van der Waals surface area (Å²) >= 11 is 0. The summed E-state index contributed by atoms with van der Waals surface area (Å²) in [4.78, 5) is 24.0. The third kappa shape index (κ3) is 3.54. The molecule has 1 aromatic rings. The predicted octanol–water partition coefficient (Wildman–Crippen LogP) is 1.38. The van der Waals surface area contributed by atoms with Crippen LogP contribution >= 0.6 is 0 Å². The zero-order valence-corrected chi connectivity index (χ0v) is 10.8. The first kappa shape index (κ1) is 13.5. The van der Waals surface area contributed by atoms with Gasteiger partial charge in [0.1, 0.15) is 0 Å². The van der Waals surface area contributed by atoms with E-state index < -0.39 is 5.97 Å². The lowest BCUT2D eigenvalue weighted by Crippen LogP contribution is -2.46. The van der Waals surface area contributed by atoms with Crippen LogP contribution in [0.4, 0.5) is 0 Å². The number of likely N-dealkylation sites (tertiary alicyclic amines) is 1. The highest BCUT2D eigenvalue weighted by atomic mass is 16.5. The maximum absolute atomic E-state index is 11.3. The second-order valence-electron chi connectivity index (χ2n) is 4.85. The van der Waals surface area contributed by atoms with Crippen LogP contribution in [0.2, 0.25) is 0 Å². The van der Waals surface area contributed by atoms with Gasteiger partial charge in [0.2, 0.25) is 0 Å². The van der Waals surface area contributed by atoms with Gasteiger partial charge in [0.15, 0.2) is 0 Å². The third-order valence-corrected chi connectivity index (χ3v) is 3.28. The number of hydrogen-bond acceptors (Lipinski definition) is 4. The zero-order chi connectivity index (χ0) is 13.8. The van der Waals surface area contributed by atoms with Gasteiger partial charge in [0.25, 0.3) is 0 Å². The van der Waals surface area contributed by atoms with Crippen molar-refractivity contribution in [3.8, 4) is 0 Å². The maximum Gasteiger partial charge on any atom is 0.337 e. The lowest BCUT2D eigenvalue weighted by Gasteiger charge is -2.38. The van der Waals surface area contributed by atoms with Crippen LogP contribution in [0.5, 0.6) is 0 Å². The van der Waals surface area contributed by atoms with Crippen LogP contribution in [-0.4, -0.2) is 42.1 Å². The zero-order valence-electron chi connectivity index (χ0n) is 10.8. The molecule has 0 aliphatic carbocycles. The Balaban J connectivity index is 1.82. The highest BCUT2D eigenvalue weighted by molar-refractivity contribution is 5.89. The predicted molar refractivity (Wildman–Crippen MR) is 68.8 cm³/mol. The molecule has 0 amide bonds. The Bertz CT molecular complexity index is 463. The first-order valence-electron chi connectivity index (χ1n) is 6.20. The van der Waals surface area contributed by atoms with Crippen molar-refractivity contribution in [1.82, 2.24) is 4.90 Å². The summed E-state index contributed by atoms with van der Waals surface area (Å²) in [5.41, 5.74) is 1.65. The van der Waals surface area contributed by atoms with Crippen molar-refractivity contribution in [3.63, 3.8) is 0 Å². The number of carboxylic acids is 1. The van der Waals surface area contributed by atoms with Crippen molar-refractivity contribution < 1.29 is 19.4 Å². The van der Waals surface area contributed by atoms with Crippen molar-refractivity contribution in [2.75, 3.05) is 20.2 Å². The number of ether oxygens (including phenoxy) is 1. The number of carboxylic acid groups (broad SMARTS) is 1. The van der Waals surface area contributed by atoms with E-state index in [0.29, 0.717) is 5.56 Å². The molecule has 0 unspecified atom stereocenters. The molecule has 1 saturated heterocycles. The Hall–Kier alpha value is -1.88. The van der Waals surface area contributed by atoms with Crippen molar-refractivity contribution in [2.24, 2.45) is 5.92 Å². The number of benzene rings is 1. The number of aliphatic carboxylic acids is 1. The van der Waals surface area contributed by atoms with E-state index in [1.165, 1.54) is 7.11 Å². The van der Waals surface area contributed by atoms with Crippen LogP contribution in [0.1, 0.15) is 22.3 Å². The van der Waals surface area contributed by atoms with Gasteiger partial charge < -0.3 is 9.84 Å². The maximum atomic E-state index is 11.3. The van der Waals surface area contributed by atoms with Crippen molar-refractivity contribution in [3.05, 3.63) is 35.4 Å². The van der Waals surface area contributed by atoms with Crippen LogP contribution in [-0.2, 0) is 16.1 Å². The average Bonchev–Trinajstić information content (AvgIpc) is 2.35. The first-order valence-corrected chi connectivity index (χ1v) is 6.20. The number of esters is 1. The molecule has 1 fully saturated rings. The van der Waals surface area contributed by atoms with E-state index in [4.69, 9.17) is 5.11 Å². The summed E-state index contributed by atoms with van der Waals surface area (Å²) < 4.78 is 4.64. The monoisotopic (exact) mass is 263 g/mol. The Labute approximate surface area is 111 Å². The number of hydrogen-bond donors (Lipinski definition) is 1. The van der Waals surface area contributed by atoms with Gasteiger partial charge in [-0.3, -0.25) is 9.69 Å². The number of carbonyl (C=O) groups excluding carboxylic acids is 1. The summed E-state index contributed by atoms with van der Waals surface area (Å²) in [6.07, 6.45) is 0.248. The number of rotatable bonds is 5. The molecule has 1 heterocycles. The van der Waals surface area contributed by atoms with E-state index >= 15 is 0 Å². The normalized spacial score (nSPS) is 15.8. The van der Waals surface area contributed by atoms with Gasteiger partial charge in [0.05, 0.1) is 19.1 Å². The molecule has 0 atom stereocenters. The number of carbonyl (C=O) groups is 2. The van der Waals surface area contributed by atoms with Crippen LogP contribution in [0.3, 0.4) is 0 Å². The molecular formula is C14H17NO4. The van der Waals surface area contributed by atoms with Crippen molar-refractivity contribution >= 4 is 11.9 Å². The summed E-state index contributed by atoms with van der Waals surface area (Å²) in [7, 11) is 1.36. The SMILES string of the molecule is COC(=O)c1ccc(CN2CC(CC(=O)O)C2)cc1. The largest absolute Gasteiger partial charge is 0.481 e. The second kappa shape index (κ2) is 5.84. The van der Waals surface area contributed by atoms with E-state index in [9.17, 15) is 9.59 Å². The van der Waals surface area contributed by atoms with Gasteiger partial charge in [-0.15, -0.1) is 0 Å². The second-order valence-corrected chi connectivity index (χ2v) is 4.85. The Morgan fingerprint density at radius 1 is 1.32 bits per heavy atom. The van der Waals surface area contributed by atoms with Crippen LogP contribution in [0, 0.1) is 5.92 Å². The Morgan fingerprint density at radius 2 is 1.95 bits per heavy atom. The van der Waals surface area contributed by atoms with Crippen LogP contribution < -0.4 is 0 Å². The van der Waals surface area contributed by atoms with E-state index in [0.717, 1.165) is 25.2 Å². The molecule has 19 heavy (non-hydrogen) atoms. The molecule has 0 radical (unpaired) electrons. The molecule has 102 valence electrons. The van der Waals surface area contributed by atoms with Crippen LogP contribution in [0.25, 0.3) is 0 Å². The summed E-state index contributed by atoms with van der Waals surface area (Å²) in [5, 5.41) is 8.67. The molecule has 1 aromatic carbocycles. The van der Waals surface area contributed by atoms with Gasteiger partial charge >= 0.3 is 11.9 Å². The topological polar surface area (TPSA) is 66.8 Å². The van der Waals surface area contributed by atoms with Crippen molar-refractivity contribution in [2.45, 2.75) is 13.0 Å². The molecular weight excluding hydrogens is 246 g/mol. The molecule has 1 aliphatic rings. The fraction of sp³-hybridized carbons (Fsp3) is 0.429. The van der Waals surface area contributed by atoms with Gasteiger partial charge in [-0.2, -0.15) is 0 Å². The molecule has 5 heteroatoms. The highest BCUT2D eigenvalue weighted by Crippen LogP contribution is 2.21. The summed E-state index contributed by atoms with van der Waals surface area (Å²) in [5.74, 6) is -0.795. The Kier molecular flexibility index (Phi) is 4.16. The van der Waals surface area contributed by atoms with Crippen LogP contribution in [0.15, 0.2) is 24.3 Å². The quantitative estimate of drug-likeness (QED) is 0.813. The number of methoxy groups -OCH3 is 1. The van der Waals surface area contributed by atoms with Gasteiger partial charge in [-0.25, -0.2) is 4.79 Å². The molecule has 0 spiro atoms. The minimum absolute atomic E-state index is 0.248. The lowest BCUT2D eigenvalue weighted by atomic mass is 9.95. The average molecular weight is 263 g/mol. The molecule has 0 aromatic heterocycles. The molecule has 2 rings (SSSR count). The van der Waals surface area contributed by atoms with Gasteiger partial charge in [-0.05, 0) is 23.6 Å². The fourth-order valence-corrected chi connectivity index (χ4v) is 2.30. The molecule has 1 N–H and O–H groups in total. The van der Waals surface area contributed by atoms with E-state index in [-0.39, 0.29) is 18.3 Å². The van der Waals surface area contributed by atoms with Gasteiger partial charge in [0, 0.05) is 19.6 Å².